The SMILES string of the molecule is O=C(Nc1ccc(Cl)cc1C(F)(F)F)C(NCCCN1CCCC1=O)c1ccccc1. The van der Waals surface area contributed by atoms with E-state index in [1.54, 1.807) is 35.2 Å². The molecule has 2 N–H and O–H groups in total. The highest BCUT2D eigenvalue weighted by molar-refractivity contribution is 6.30. The second kappa shape index (κ2) is 10.2. The first kappa shape index (κ1) is 23.1. The molecule has 1 unspecified atom stereocenters. The Morgan fingerprint density at radius 1 is 1.16 bits per heavy atom. The predicted octanol–water partition coefficient (Wildman–Crippen LogP) is 4.64. The smallest absolute Gasteiger partial charge is 0.343 e. The van der Waals surface area contributed by atoms with Gasteiger partial charge in [0.1, 0.15) is 6.04 Å². The summed E-state index contributed by atoms with van der Waals surface area (Å²) in [5.41, 5.74) is -0.736. The van der Waals surface area contributed by atoms with Crippen LogP contribution in [-0.2, 0) is 15.8 Å². The number of nitrogens with zero attached hydrogens (tertiary/aromatic N) is 1. The molecule has 1 saturated heterocycles. The van der Waals surface area contributed by atoms with Gasteiger partial charge in [-0.3, -0.25) is 9.59 Å². The van der Waals surface area contributed by atoms with Crippen LogP contribution in [0.1, 0.15) is 36.4 Å². The number of carbonyl (C=O) groups is 2. The molecule has 5 nitrogen and oxygen atoms in total. The fraction of sp³-hybridized carbons (Fsp3) is 0.364. The highest BCUT2D eigenvalue weighted by Crippen LogP contribution is 2.36. The van der Waals surface area contributed by atoms with Crippen LogP contribution in [-0.4, -0.2) is 36.3 Å². The summed E-state index contributed by atoms with van der Waals surface area (Å²) >= 11 is 5.71. The van der Waals surface area contributed by atoms with E-state index < -0.39 is 23.7 Å². The highest BCUT2D eigenvalue weighted by Gasteiger charge is 2.35. The van der Waals surface area contributed by atoms with Crippen LogP contribution in [0.4, 0.5) is 18.9 Å². The average molecular weight is 454 g/mol. The summed E-state index contributed by atoms with van der Waals surface area (Å²) in [6, 6.07) is 11.1. The molecule has 2 aromatic rings. The van der Waals surface area contributed by atoms with Gasteiger partial charge in [0, 0.05) is 24.5 Å². The monoisotopic (exact) mass is 453 g/mol. The van der Waals surface area contributed by atoms with Crippen LogP contribution < -0.4 is 10.6 Å². The van der Waals surface area contributed by atoms with E-state index in [0.29, 0.717) is 31.5 Å². The lowest BCUT2D eigenvalue weighted by Gasteiger charge is -2.22. The molecular weight excluding hydrogens is 431 g/mol. The van der Waals surface area contributed by atoms with Gasteiger partial charge < -0.3 is 15.5 Å². The summed E-state index contributed by atoms with van der Waals surface area (Å²) in [7, 11) is 0. The van der Waals surface area contributed by atoms with Crippen LogP contribution in [0.5, 0.6) is 0 Å². The lowest BCUT2D eigenvalue weighted by molar-refractivity contribution is -0.137. The van der Waals surface area contributed by atoms with Gasteiger partial charge in [0.25, 0.3) is 0 Å². The number of rotatable bonds is 8. The number of alkyl halides is 3. The third-order valence-corrected chi connectivity index (χ3v) is 5.30. The average Bonchev–Trinajstić information content (AvgIpc) is 3.14. The largest absolute Gasteiger partial charge is 0.418 e. The molecule has 2 amide bonds. The normalized spacial score (nSPS) is 15.2. The van der Waals surface area contributed by atoms with Crippen LogP contribution in [0.25, 0.3) is 0 Å². The molecule has 0 saturated carbocycles. The second-order valence-corrected chi connectivity index (χ2v) is 7.75. The van der Waals surface area contributed by atoms with Crippen molar-refractivity contribution in [3.8, 4) is 0 Å². The molecule has 0 aromatic heterocycles. The molecule has 0 spiro atoms. The van der Waals surface area contributed by atoms with Crippen molar-refractivity contribution in [3.63, 3.8) is 0 Å². The number of amides is 2. The molecule has 1 fully saturated rings. The van der Waals surface area contributed by atoms with Gasteiger partial charge in [-0.1, -0.05) is 41.9 Å². The van der Waals surface area contributed by atoms with Crippen molar-refractivity contribution in [1.29, 1.82) is 0 Å². The fourth-order valence-electron chi connectivity index (χ4n) is 3.53. The van der Waals surface area contributed by atoms with Crippen LogP contribution in [0.2, 0.25) is 5.02 Å². The molecule has 1 heterocycles. The third kappa shape index (κ3) is 6.21. The van der Waals surface area contributed by atoms with E-state index in [0.717, 1.165) is 25.1 Å². The molecule has 0 radical (unpaired) electrons. The zero-order chi connectivity index (χ0) is 22.4. The van der Waals surface area contributed by atoms with E-state index in [4.69, 9.17) is 11.6 Å². The predicted molar refractivity (Wildman–Crippen MR) is 113 cm³/mol. The van der Waals surface area contributed by atoms with Crippen molar-refractivity contribution in [1.82, 2.24) is 10.2 Å². The Morgan fingerprint density at radius 3 is 2.55 bits per heavy atom. The molecule has 0 aliphatic carbocycles. The Labute approximate surface area is 183 Å². The van der Waals surface area contributed by atoms with Crippen LogP contribution in [0.15, 0.2) is 48.5 Å². The van der Waals surface area contributed by atoms with Crippen molar-refractivity contribution < 1.29 is 22.8 Å². The summed E-state index contributed by atoms with van der Waals surface area (Å²) < 4.78 is 40.1. The molecule has 2 aromatic carbocycles. The van der Waals surface area contributed by atoms with Gasteiger partial charge in [-0.2, -0.15) is 13.2 Å². The minimum atomic E-state index is -4.66. The summed E-state index contributed by atoms with van der Waals surface area (Å²) in [6.07, 6.45) is -2.63. The van der Waals surface area contributed by atoms with E-state index in [9.17, 15) is 22.8 Å². The Kier molecular flexibility index (Phi) is 7.56. The van der Waals surface area contributed by atoms with Crippen molar-refractivity contribution in [2.75, 3.05) is 25.0 Å². The highest BCUT2D eigenvalue weighted by atomic mass is 35.5. The first-order valence-electron chi connectivity index (χ1n) is 9.99. The topological polar surface area (TPSA) is 61.4 Å². The minimum absolute atomic E-state index is 0.0699. The number of nitrogens with one attached hydrogen (secondary N) is 2. The van der Waals surface area contributed by atoms with Crippen molar-refractivity contribution in [3.05, 3.63) is 64.7 Å². The van der Waals surface area contributed by atoms with Gasteiger partial charge >= 0.3 is 6.18 Å². The van der Waals surface area contributed by atoms with Crippen molar-refractivity contribution in [2.45, 2.75) is 31.5 Å². The number of anilines is 1. The molecule has 1 aliphatic rings. The molecule has 31 heavy (non-hydrogen) atoms. The molecule has 9 heteroatoms. The van der Waals surface area contributed by atoms with Crippen molar-refractivity contribution >= 4 is 29.1 Å². The lowest BCUT2D eigenvalue weighted by atomic mass is 10.1. The summed E-state index contributed by atoms with van der Waals surface area (Å²) in [5, 5.41) is 5.42. The summed E-state index contributed by atoms with van der Waals surface area (Å²) in [6.45, 7) is 1.73. The second-order valence-electron chi connectivity index (χ2n) is 7.31. The third-order valence-electron chi connectivity index (χ3n) is 5.06. The minimum Gasteiger partial charge on any atom is -0.343 e. The number of hydrogen-bond acceptors (Lipinski definition) is 3. The number of likely N-dealkylation sites (tertiary alicyclic amines) is 1. The lowest BCUT2D eigenvalue weighted by Crippen LogP contribution is -2.35. The molecule has 1 aliphatic heterocycles. The number of benzene rings is 2. The van der Waals surface area contributed by atoms with Gasteiger partial charge in [-0.05, 0) is 43.1 Å². The summed E-state index contributed by atoms with van der Waals surface area (Å²) in [5.74, 6) is -0.490. The summed E-state index contributed by atoms with van der Waals surface area (Å²) in [4.78, 5) is 26.4. The van der Waals surface area contributed by atoms with Crippen LogP contribution in [0.3, 0.4) is 0 Å². The van der Waals surface area contributed by atoms with Crippen LogP contribution in [0, 0.1) is 0 Å². The van der Waals surface area contributed by atoms with Crippen molar-refractivity contribution in [2.24, 2.45) is 0 Å². The fourth-order valence-corrected chi connectivity index (χ4v) is 3.70. The number of halogens is 4. The maximum atomic E-state index is 13.4. The van der Waals surface area contributed by atoms with Gasteiger partial charge in [-0.25, -0.2) is 0 Å². The molecular formula is C22H23ClF3N3O2. The standard InChI is InChI=1S/C22H23ClF3N3O2/c23-16-9-10-18(17(14-16)22(24,25)26)28-21(31)20(15-6-2-1-3-7-15)27-11-5-13-29-12-4-8-19(29)30/h1-3,6-7,9-10,14,20,27H,4-5,8,11-13H2,(H,28,31). The Morgan fingerprint density at radius 2 is 1.90 bits per heavy atom. The van der Waals surface area contributed by atoms with Crippen LogP contribution >= 0.6 is 11.6 Å². The molecule has 0 bridgehead atoms. The quantitative estimate of drug-likeness (QED) is 0.572. The Bertz CT molecular complexity index is 922. The van der Waals surface area contributed by atoms with E-state index in [1.807, 2.05) is 0 Å². The van der Waals surface area contributed by atoms with E-state index >= 15 is 0 Å². The Balaban J connectivity index is 1.71. The molecule has 1 atom stereocenters. The van der Waals surface area contributed by atoms with Gasteiger partial charge in [0.05, 0.1) is 11.3 Å². The zero-order valence-electron chi connectivity index (χ0n) is 16.7. The zero-order valence-corrected chi connectivity index (χ0v) is 17.5. The molecule has 3 rings (SSSR count). The number of carbonyl (C=O) groups excluding carboxylic acids is 2. The van der Waals surface area contributed by atoms with E-state index in [1.165, 1.54) is 6.07 Å². The first-order valence-corrected chi connectivity index (χ1v) is 10.4. The maximum absolute atomic E-state index is 13.4. The maximum Gasteiger partial charge on any atom is 0.418 e. The molecule has 166 valence electrons. The van der Waals surface area contributed by atoms with Gasteiger partial charge in [-0.15, -0.1) is 0 Å². The first-order chi connectivity index (χ1) is 14.8. The van der Waals surface area contributed by atoms with E-state index in [-0.39, 0.29) is 16.6 Å². The van der Waals surface area contributed by atoms with E-state index in [2.05, 4.69) is 10.6 Å². The number of hydrogen-bond donors (Lipinski definition) is 2. The van der Waals surface area contributed by atoms with Gasteiger partial charge in [0.15, 0.2) is 0 Å². The Hall–Kier alpha value is -2.58. The van der Waals surface area contributed by atoms with Gasteiger partial charge in [0.2, 0.25) is 11.8 Å².